The standard InChI is InChI=1S/C11H15N5O/c1-9(16-5-2-4-12-16)11-14-13-10-3-7-17-8-6-15(10)11/h2,4-5,9H,3,6-8H2,1H3. The topological polar surface area (TPSA) is 57.8 Å². The lowest BCUT2D eigenvalue weighted by atomic mass is 10.3. The van der Waals surface area contributed by atoms with Gasteiger partial charge in [-0.15, -0.1) is 10.2 Å². The molecule has 0 N–H and O–H groups in total. The van der Waals surface area contributed by atoms with Gasteiger partial charge in [0.15, 0.2) is 5.82 Å². The van der Waals surface area contributed by atoms with Crippen molar-refractivity contribution in [1.82, 2.24) is 24.5 Å². The van der Waals surface area contributed by atoms with E-state index in [0.29, 0.717) is 0 Å². The maximum atomic E-state index is 5.45. The van der Waals surface area contributed by atoms with E-state index in [1.165, 1.54) is 0 Å². The largest absolute Gasteiger partial charge is 0.379 e. The Morgan fingerprint density at radius 3 is 3.12 bits per heavy atom. The number of aromatic nitrogens is 5. The van der Waals surface area contributed by atoms with Gasteiger partial charge in [-0.05, 0) is 13.0 Å². The van der Waals surface area contributed by atoms with Crippen molar-refractivity contribution in [2.75, 3.05) is 13.2 Å². The van der Waals surface area contributed by atoms with Crippen LogP contribution in [0, 0.1) is 0 Å². The Labute approximate surface area is 99.2 Å². The fourth-order valence-electron chi connectivity index (χ4n) is 2.14. The third-order valence-corrected chi connectivity index (χ3v) is 3.08. The molecule has 0 radical (unpaired) electrons. The van der Waals surface area contributed by atoms with E-state index in [0.717, 1.165) is 37.8 Å². The van der Waals surface area contributed by atoms with Crippen LogP contribution in [0.15, 0.2) is 18.5 Å². The van der Waals surface area contributed by atoms with Crippen molar-refractivity contribution < 1.29 is 4.74 Å². The Hall–Kier alpha value is -1.69. The first-order valence-electron chi connectivity index (χ1n) is 5.85. The third-order valence-electron chi connectivity index (χ3n) is 3.08. The molecule has 1 aliphatic heterocycles. The molecule has 0 spiro atoms. The molecular formula is C11H15N5O. The number of ether oxygens (including phenoxy) is 1. The quantitative estimate of drug-likeness (QED) is 0.764. The van der Waals surface area contributed by atoms with Crippen LogP contribution in [-0.4, -0.2) is 37.8 Å². The maximum absolute atomic E-state index is 5.45. The molecule has 0 saturated carbocycles. The Morgan fingerprint density at radius 1 is 1.35 bits per heavy atom. The van der Waals surface area contributed by atoms with Crippen molar-refractivity contribution in [2.45, 2.75) is 25.9 Å². The first kappa shape index (κ1) is 10.5. The predicted molar refractivity (Wildman–Crippen MR) is 60.6 cm³/mol. The Morgan fingerprint density at radius 2 is 2.29 bits per heavy atom. The van der Waals surface area contributed by atoms with Crippen molar-refractivity contribution in [3.8, 4) is 0 Å². The third kappa shape index (κ3) is 1.84. The number of hydrogen-bond donors (Lipinski definition) is 0. The van der Waals surface area contributed by atoms with Crippen LogP contribution in [0.25, 0.3) is 0 Å². The Kier molecular flexibility index (Phi) is 2.64. The van der Waals surface area contributed by atoms with Crippen molar-refractivity contribution >= 4 is 0 Å². The molecule has 3 rings (SSSR count). The van der Waals surface area contributed by atoms with Crippen LogP contribution in [-0.2, 0) is 17.7 Å². The predicted octanol–water partition coefficient (Wildman–Crippen LogP) is 0.657. The smallest absolute Gasteiger partial charge is 0.157 e. The van der Waals surface area contributed by atoms with Crippen molar-refractivity contribution in [1.29, 1.82) is 0 Å². The van der Waals surface area contributed by atoms with Gasteiger partial charge in [-0.1, -0.05) is 0 Å². The lowest BCUT2D eigenvalue weighted by Crippen LogP contribution is -2.16. The molecule has 3 heterocycles. The van der Waals surface area contributed by atoms with Crippen LogP contribution in [0.4, 0.5) is 0 Å². The molecule has 0 aromatic carbocycles. The molecule has 1 aliphatic rings. The summed E-state index contributed by atoms with van der Waals surface area (Å²) in [6.45, 7) is 4.36. The van der Waals surface area contributed by atoms with Gasteiger partial charge in [-0.3, -0.25) is 4.68 Å². The summed E-state index contributed by atoms with van der Waals surface area (Å²) in [5.74, 6) is 1.96. The van der Waals surface area contributed by atoms with Crippen molar-refractivity contribution in [3.63, 3.8) is 0 Å². The zero-order valence-corrected chi connectivity index (χ0v) is 9.78. The number of nitrogens with zero attached hydrogens (tertiary/aromatic N) is 5. The summed E-state index contributed by atoms with van der Waals surface area (Å²) in [5.41, 5.74) is 0. The summed E-state index contributed by atoms with van der Waals surface area (Å²) in [6.07, 6.45) is 4.55. The lowest BCUT2D eigenvalue weighted by molar-refractivity contribution is 0.139. The van der Waals surface area contributed by atoms with Crippen molar-refractivity contribution in [3.05, 3.63) is 30.1 Å². The molecule has 2 aromatic heterocycles. The molecule has 0 amide bonds. The Bertz CT molecular complexity index is 490. The molecule has 0 aliphatic carbocycles. The summed E-state index contributed by atoms with van der Waals surface area (Å²) in [4.78, 5) is 0. The molecule has 0 bridgehead atoms. The lowest BCUT2D eigenvalue weighted by Gasteiger charge is -2.13. The van der Waals surface area contributed by atoms with E-state index < -0.39 is 0 Å². The van der Waals surface area contributed by atoms with Gasteiger partial charge in [0.1, 0.15) is 11.9 Å². The monoisotopic (exact) mass is 233 g/mol. The highest BCUT2D eigenvalue weighted by Gasteiger charge is 2.20. The molecule has 0 fully saturated rings. The number of hydrogen-bond acceptors (Lipinski definition) is 4. The molecule has 6 heteroatoms. The van der Waals surface area contributed by atoms with Gasteiger partial charge in [-0.25, -0.2) is 0 Å². The minimum atomic E-state index is 0.101. The van der Waals surface area contributed by atoms with Crippen LogP contribution in [0.2, 0.25) is 0 Å². The van der Waals surface area contributed by atoms with E-state index in [1.807, 2.05) is 16.9 Å². The van der Waals surface area contributed by atoms with Crippen molar-refractivity contribution in [2.24, 2.45) is 0 Å². The van der Waals surface area contributed by atoms with Crippen LogP contribution in [0.1, 0.15) is 24.6 Å². The molecule has 90 valence electrons. The fourth-order valence-corrected chi connectivity index (χ4v) is 2.14. The second-order valence-electron chi connectivity index (χ2n) is 4.15. The molecule has 1 unspecified atom stereocenters. The molecular weight excluding hydrogens is 218 g/mol. The first-order valence-corrected chi connectivity index (χ1v) is 5.85. The summed E-state index contributed by atoms with van der Waals surface area (Å²) < 4.78 is 9.49. The van der Waals surface area contributed by atoms with Gasteiger partial charge in [-0.2, -0.15) is 5.10 Å². The van der Waals surface area contributed by atoms with Gasteiger partial charge in [0, 0.05) is 25.4 Å². The number of fused-ring (bicyclic) bond motifs is 1. The van der Waals surface area contributed by atoms with E-state index in [-0.39, 0.29) is 6.04 Å². The molecule has 0 saturated heterocycles. The van der Waals surface area contributed by atoms with E-state index in [9.17, 15) is 0 Å². The highest BCUT2D eigenvalue weighted by atomic mass is 16.5. The highest BCUT2D eigenvalue weighted by Crippen LogP contribution is 2.17. The first-order chi connectivity index (χ1) is 8.36. The van der Waals surface area contributed by atoms with E-state index in [4.69, 9.17) is 4.74 Å². The SMILES string of the molecule is CC(c1nnc2n1CCOCC2)n1cccn1. The van der Waals surface area contributed by atoms with Gasteiger partial charge in [0.05, 0.1) is 13.2 Å². The van der Waals surface area contributed by atoms with Crippen LogP contribution in [0.3, 0.4) is 0 Å². The van der Waals surface area contributed by atoms with Gasteiger partial charge >= 0.3 is 0 Å². The zero-order chi connectivity index (χ0) is 11.7. The van der Waals surface area contributed by atoms with Gasteiger partial charge in [0.2, 0.25) is 0 Å². The van der Waals surface area contributed by atoms with Gasteiger partial charge in [0.25, 0.3) is 0 Å². The normalized spacial score (nSPS) is 17.5. The van der Waals surface area contributed by atoms with E-state index in [2.05, 4.69) is 26.8 Å². The molecule has 17 heavy (non-hydrogen) atoms. The van der Waals surface area contributed by atoms with Gasteiger partial charge < -0.3 is 9.30 Å². The van der Waals surface area contributed by atoms with Crippen LogP contribution < -0.4 is 0 Å². The molecule has 6 nitrogen and oxygen atoms in total. The summed E-state index contributed by atoms with van der Waals surface area (Å²) in [7, 11) is 0. The molecule has 2 aromatic rings. The average molecular weight is 233 g/mol. The number of rotatable bonds is 2. The molecule has 1 atom stereocenters. The maximum Gasteiger partial charge on any atom is 0.157 e. The highest BCUT2D eigenvalue weighted by molar-refractivity contribution is 5.03. The zero-order valence-electron chi connectivity index (χ0n) is 9.78. The van der Waals surface area contributed by atoms with Crippen LogP contribution >= 0.6 is 0 Å². The van der Waals surface area contributed by atoms with E-state index in [1.54, 1.807) is 6.20 Å². The summed E-state index contributed by atoms with van der Waals surface area (Å²) >= 11 is 0. The van der Waals surface area contributed by atoms with Crippen LogP contribution in [0.5, 0.6) is 0 Å². The Balaban J connectivity index is 1.95. The summed E-state index contributed by atoms with van der Waals surface area (Å²) in [6, 6.07) is 2.02. The second kappa shape index (κ2) is 4.29. The minimum absolute atomic E-state index is 0.101. The van der Waals surface area contributed by atoms with E-state index >= 15 is 0 Å². The summed E-state index contributed by atoms with van der Waals surface area (Å²) in [5, 5.41) is 12.8. The minimum Gasteiger partial charge on any atom is -0.379 e. The average Bonchev–Trinajstić information content (AvgIpc) is 2.94. The second-order valence-corrected chi connectivity index (χ2v) is 4.15. The fraction of sp³-hybridized carbons (Fsp3) is 0.545.